The molecule has 5 heteroatoms. The predicted molar refractivity (Wildman–Crippen MR) is 63.6 cm³/mol. The molecule has 1 aliphatic carbocycles. The van der Waals surface area contributed by atoms with Crippen LogP contribution in [0.2, 0.25) is 0 Å². The molecule has 0 saturated heterocycles. The van der Waals surface area contributed by atoms with Gasteiger partial charge in [0, 0.05) is 19.1 Å². The van der Waals surface area contributed by atoms with Gasteiger partial charge in [0.15, 0.2) is 0 Å². The molecule has 0 amide bonds. The van der Waals surface area contributed by atoms with Crippen LogP contribution in [0.15, 0.2) is 24.3 Å². The topological polar surface area (TPSA) is 32.7 Å². The lowest BCUT2D eigenvalue weighted by molar-refractivity contribution is -0.0498. The van der Waals surface area contributed by atoms with Gasteiger partial charge in [0.05, 0.1) is 6.61 Å². The van der Waals surface area contributed by atoms with Crippen LogP contribution >= 0.6 is 0 Å². The Morgan fingerprint density at radius 1 is 1.28 bits per heavy atom. The summed E-state index contributed by atoms with van der Waals surface area (Å²) in [5.74, 6) is 0.175. The van der Waals surface area contributed by atoms with Crippen LogP contribution in [0.25, 0.3) is 0 Å². The van der Waals surface area contributed by atoms with Crippen molar-refractivity contribution in [2.45, 2.75) is 32.0 Å². The van der Waals surface area contributed by atoms with Gasteiger partial charge in [-0.15, -0.1) is 0 Å². The first-order valence-electron chi connectivity index (χ1n) is 6.07. The van der Waals surface area contributed by atoms with E-state index in [-0.39, 0.29) is 12.4 Å². The molecule has 0 aliphatic heterocycles. The van der Waals surface area contributed by atoms with E-state index < -0.39 is 6.61 Å². The molecule has 0 radical (unpaired) electrons. The third kappa shape index (κ3) is 3.92. The van der Waals surface area contributed by atoms with Crippen molar-refractivity contribution in [1.29, 1.82) is 0 Å². The quantitative estimate of drug-likeness (QED) is 0.813. The van der Waals surface area contributed by atoms with Crippen molar-refractivity contribution >= 4 is 0 Å². The zero-order chi connectivity index (χ0) is 13.0. The Morgan fingerprint density at radius 3 is 2.44 bits per heavy atom. The lowest BCUT2D eigenvalue weighted by Crippen LogP contribution is -2.28. The molecule has 0 heterocycles. The maximum absolute atomic E-state index is 12.0. The lowest BCUT2D eigenvalue weighted by atomic mass is 10.2. The number of aliphatic hydroxyl groups excluding tert-OH is 1. The normalized spacial score (nSPS) is 15.4. The van der Waals surface area contributed by atoms with Crippen molar-refractivity contribution in [2.75, 3.05) is 13.2 Å². The van der Waals surface area contributed by atoms with E-state index in [9.17, 15) is 8.78 Å². The number of halogens is 2. The van der Waals surface area contributed by atoms with Gasteiger partial charge in [0.1, 0.15) is 5.75 Å². The molecule has 1 saturated carbocycles. The minimum absolute atomic E-state index is 0.142. The Bertz CT molecular complexity index is 366. The van der Waals surface area contributed by atoms with Crippen molar-refractivity contribution < 1.29 is 18.6 Å². The molecule has 1 aromatic carbocycles. The zero-order valence-corrected chi connectivity index (χ0v) is 10.1. The van der Waals surface area contributed by atoms with Gasteiger partial charge in [-0.2, -0.15) is 8.78 Å². The largest absolute Gasteiger partial charge is 0.435 e. The van der Waals surface area contributed by atoms with Crippen LogP contribution in [-0.2, 0) is 6.54 Å². The molecule has 1 fully saturated rings. The Morgan fingerprint density at radius 2 is 1.94 bits per heavy atom. The van der Waals surface area contributed by atoms with E-state index in [1.54, 1.807) is 24.3 Å². The molecule has 0 spiro atoms. The Hall–Kier alpha value is -1.20. The van der Waals surface area contributed by atoms with Crippen LogP contribution in [0.3, 0.4) is 0 Å². The molecule has 18 heavy (non-hydrogen) atoms. The fraction of sp³-hybridized carbons (Fsp3) is 0.538. The summed E-state index contributed by atoms with van der Waals surface area (Å²) in [5.41, 5.74) is 1.04. The highest BCUT2D eigenvalue weighted by atomic mass is 19.3. The van der Waals surface area contributed by atoms with Gasteiger partial charge in [-0.3, -0.25) is 4.90 Å². The third-order valence-corrected chi connectivity index (χ3v) is 2.98. The maximum atomic E-state index is 12.0. The second-order valence-corrected chi connectivity index (χ2v) is 4.45. The van der Waals surface area contributed by atoms with Crippen molar-refractivity contribution in [3.8, 4) is 5.75 Å². The van der Waals surface area contributed by atoms with Crippen LogP contribution in [-0.4, -0.2) is 35.8 Å². The van der Waals surface area contributed by atoms with Crippen LogP contribution in [0.1, 0.15) is 18.4 Å². The van der Waals surface area contributed by atoms with Crippen molar-refractivity contribution in [1.82, 2.24) is 4.90 Å². The molecule has 1 N–H and O–H groups in total. The summed E-state index contributed by atoms with van der Waals surface area (Å²) in [7, 11) is 0. The monoisotopic (exact) mass is 257 g/mol. The number of alkyl halides is 2. The van der Waals surface area contributed by atoms with Crippen LogP contribution < -0.4 is 4.74 Å². The number of rotatable bonds is 7. The third-order valence-electron chi connectivity index (χ3n) is 2.98. The van der Waals surface area contributed by atoms with Crippen molar-refractivity contribution in [2.24, 2.45) is 0 Å². The van der Waals surface area contributed by atoms with E-state index in [0.29, 0.717) is 12.6 Å². The van der Waals surface area contributed by atoms with E-state index >= 15 is 0 Å². The van der Waals surface area contributed by atoms with Crippen molar-refractivity contribution in [3.05, 3.63) is 29.8 Å². The highest BCUT2D eigenvalue weighted by Gasteiger charge is 2.28. The predicted octanol–water partition coefficient (Wildman–Crippen LogP) is 2.24. The van der Waals surface area contributed by atoms with Gasteiger partial charge in [-0.25, -0.2) is 0 Å². The fourth-order valence-corrected chi connectivity index (χ4v) is 1.97. The van der Waals surface area contributed by atoms with Gasteiger partial charge >= 0.3 is 6.61 Å². The molecule has 3 nitrogen and oxygen atoms in total. The van der Waals surface area contributed by atoms with Gasteiger partial charge < -0.3 is 9.84 Å². The van der Waals surface area contributed by atoms with E-state index in [1.807, 2.05) is 0 Å². The summed E-state index contributed by atoms with van der Waals surface area (Å²) < 4.78 is 28.3. The molecule has 1 aromatic rings. The van der Waals surface area contributed by atoms with Gasteiger partial charge in [-0.05, 0) is 30.5 Å². The summed E-state index contributed by atoms with van der Waals surface area (Å²) in [5, 5.41) is 8.99. The zero-order valence-electron chi connectivity index (χ0n) is 10.1. The molecule has 1 aliphatic rings. The molecule has 0 aromatic heterocycles. The molecule has 0 atom stereocenters. The van der Waals surface area contributed by atoms with E-state index in [0.717, 1.165) is 12.1 Å². The number of ether oxygens (including phenoxy) is 1. The number of aliphatic hydroxyl groups is 1. The first kappa shape index (κ1) is 13.2. The summed E-state index contributed by atoms with van der Waals surface area (Å²) in [4.78, 5) is 2.21. The Labute approximate surface area is 105 Å². The highest BCUT2D eigenvalue weighted by molar-refractivity contribution is 5.27. The second-order valence-electron chi connectivity index (χ2n) is 4.45. The first-order valence-corrected chi connectivity index (χ1v) is 6.07. The molecule has 0 bridgehead atoms. The lowest BCUT2D eigenvalue weighted by Gasteiger charge is -2.20. The highest BCUT2D eigenvalue weighted by Crippen LogP contribution is 2.28. The molecular weight excluding hydrogens is 240 g/mol. The average molecular weight is 257 g/mol. The second kappa shape index (κ2) is 6.11. The Balaban J connectivity index is 1.91. The minimum Gasteiger partial charge on any atom is -0.435 e. The SMILES string of the molecule is OCCN(Cc1ccc(OC(F)F)cc1)C1CC1. The molecule has 100 valence electrons. The van der Waals surface area contributed by atoms with E-state index in [4.69, 9.17) is 5.11 Å². The number of nitrogens with zero attached hydrogens (tertiary/aromatic N) is 1. The van der Waals surface area contributed by atoms with Gasteiger partial charge in [0.2, 0.25) is 0 Å². The fourth-order valence-electron chi connectivity index (χ4n) is 1.97. The minimum atomic E-state index is -2.78. The number of hydrogen-bond acceptors (Lipinski definition) is 3. The Kier molecular flexibility index (Phi) is 4.49. The summed E-state index contributed by atoms with van der Waals surface area (Å²) in [6.45, 7) is -1.25. The summed E-state index contributed by atoms with van der Waals surface area (Å²) in [6, 6.07) is 7.22. The number of benzene rings is 1. The van der Waals surface area contributed by atoms with Crippen LogP contribution in [0.5, 0.6) is 5.75 Å². The smallest absolute Gasteiger partial charge is 0.387 e. The van der Waals surface area contributed by atoms with E-state index in [2.05, 4.69) is 9.64 Å². The number of hydrogen-bond donors (Lipinski definition) is 1. The molecular formula is C13H17F2NO2. The van der Waals surface area contributed by atoms with E-state index in [1.165, 1.54) is 12.8 Å². The molecule has 2 rings (SSSR count). The first-order chi connectivity index (χ1) is 8.69. The summed E-state index contributed by atoms with van der Waals surface area (Å²) in [6.07, 6.45) is 2.35. The van der Waals surface area contributed by atoms with Crippen LogP contribution in [0, 0.1) is 0 Å². The van der Waals surface area contributed by atoms with Gasteiger partial charge in [-0.1, -0.05) is 12.1 Å². The summed E-state index contributed by atoms with van der Waals surface area (Å²) >= 11 is 0. The van der Waals surface area contributed by atoms with Gasteiger partial charge in [0.25, 0.3) is 0 Å². The van der Waals surface area contributed by atoms with Crippen LogP contribution in [0.4, 0.5) is 8.78 Å². The standard InChI is InChI=1S/C13H17F2NO2/c14-13(15)18-12-5-1-10(2-6-12)9-16(7-8-17)11-3-4-11/h1-2,5-6,11,13,17H,3-4,7-9H2. The van der Waals surface area contributed by atoms with Crippen molar-refractivity contribution in [3.63, 3.8) is 0 Å². The maximum Gasteiger partial charge on any atom is 0.387 e. The molecule has 0 unspecified atom stereocenters. The average Bonchev–Trinajstić information content (AvgIpc) is 3.14.